The summed E-state index contributed by atoms with van der Waals surface area (Å²) in [6, 6.07) is 2.69. The Labute approximate surface area is 78.6 Å². The third-order valence-corrected chi connectivity index (χ3v) is 1.69. The minimum absolute atomic E-state index is 0.00750. The minimum Gasteiger partial charge on any atom is -0.550 e. The second-order valence-electron chi connectivity index (χ2n) is 2.77. The van der Waals surface area contributed by atoms with E-state index in [0.717, 1.165) is 18.2 Å². The van der Waals surface area contributed by atoms with Gasteiger partial charge in [-0.3, -0.25) is 0 Å². The maximum absolute atomic E-state index is 12.6. The average Bonchev–Trinajstić information content (AvgIpc) is 2.08. The van der Waals surface area contributed by atoms with Gasteiger partial charge in [-0.15, -0.1) is 0 Å². The molecule has 0 spiro atoms. The van der Waals surface area contributed by atoms with Gasteiger partial charge in [0.1, 0.15) is 0 Å². The molecule has 0 heterocycles. The monoisotopic (exact) mass is 201 g/mol. The highest BCUT2D eigenvalue weighted by Crippen LogP contribution is 2.18. The third kappa shape index (κ3) is 2.50. The first-order valence-electron chi connectivity index (χ1n) is 3.83. The van der Waals surface area contributed by atoms with Gasteiger partial charge in [0.15, 0.2) is 11.6 Å². The molecule has 0 radical (unpaired) electrons. The highest BCUT2D eigenvalue weighted by molar-refractivity contribution is 5.65. The topological polar surface area (TPSA) is 60.4 Å². The second-order valence-corrected chi connectivity index (χ2v) is 2.77. The van der Waals surface area contributed by atoms with Crippen molar-refractivity contribution in [3.8, 4) is 0 Å². The van der Waals surface area contributed by atoms with Gasteiger partial charge in [0.25, 0.3) is 0 Å². The maximum Gasteiger partial charge on any atom is 0.159 e. The molecule has 0 fully saturated rings. The van der Waals surface area contributed by atoms with E-state index in [4.69, 9.17) is 0 Å². The summed E-state index contributed by atoms with van der Waals surface area (Å²) < 4.78 is 25.1. The van der Waals surface area contributed by atoms with Crippen LogP contribution < -0.4 is 5.11 Å². The number of rotatable bonds is 3. The number of carbonyl (C=O) groups is 1. The Morgan fingerprint density at radius 1 is 1.43 bits per heavy atom. The molecule has 5 heteroatoms. The van der Waals surface area contributed by atoms with Crippen LogP contribution in [0.4, 0.5) is 8.78 Å². The molecule has 0 aliphatic rings. The Kier molecular flexibility index (Phi) is 3.14. The quantitative estimate of drug-likeness (QED) is 0.756. The van der Waals surface area contributed by atoms with Gasteiger partial charge in [-0.2, -0.15) is 0 Å². The van der Waals surface area contributed by atoms with Crippen LogP contribution in [-0.2, 0) is 4.79 Å². The second kappa shape index (κ2) is 4.15. The van der Waals surface area contributed by atoms with Gasteiger partial charge in [0, 0.05) is 12.4 Å². The van der Waals surface area contributed by atoms with Crippen molar-refractivity contribution in [3.05, 3.63) is 35.4 Å². The van der Waals surface area contributed by atoms with Gasteiger partial charge in [-0.05, 0) is 17.7 Å². The van der Waals surface area contributed by atoms with E-state index in [1.165, 1.54) is 0 Å². The largest absolute Gasteiger partial charge is 0.550 e. The number of aliphatic hydroxyl groups excluding tert-OH is 1. The van der Waals surface area contributed by atoms with Crippen molar-refractivity contribution in [2.75, 3.05) is 0 Å². The molecule has 1 rings (SSSR count). The number of hydrogen-bond donors (Lipinski definition) is 1. The summed E-state index contributed by atoms with van der Waals surface area (Å²) in [6.07, 6.45) is -2.03. The lowest BCUT2D eigenvalue weighted by Crippen LogP contribution is -2.24. The Morgan fingerprint density at radius 2 is 2.07 bits per heavy atom. The van der Waals surface area contributed by atoms with E-state index in [2.05, 4.69) is 0 Å². The first-order valence-corrected chi connectivity index (χ1v) is 3.83. The van der Waals surface area contributed by atoms with E-state index < -0.39 is 30.1 Å². The number of carbonyl (C=O) groups excluding carboxylic acids is 1. The summed E-state index contributed by atoms with van der Waals surface area (Å²) in [7, 11) is 0. The zero-order valence-electron chi connectivity index (χ0n) is 7.04. The van der Waals surface area contributed by atoms with Gasteiger partial charge in [-0.1, -0.05) is 6.07 Å². The van der Waals surface area contributed by atoms with Crippen molar-refractivity contribution < 1.29 is 23.8 Å². The molecule has 1 aromatic rings. The summed E-state index contributed by atoms with van der Waals surface area (Å²) in [5.41, 5.74) is 0.00750. The van der Waals surface area contributed by atoms with Crippen molar-refractivity contribution >= 4 is 5.97 Å². The van der Waals surface area contributed by atoms with Crippen LogP contribution in [0.2, 0.25) is 0 Å². The molecule has 0 bridgehead atoms. The van der Waals surface area contributed by atoms with E-state index in [9.17, 15) is 23.8 Å². The molecule has 1 N–H and O–H groups in total. The number of aliphatic carboxylic acids is 1. The summed E-state index contributed by atoms with van der Waals surface area (Å²) in [5, 5.41) is 19.3. The SMILES string of the molecule is O=C([O-])CC(O)c1ccc(F)c(F)c1. The van der Waals surface area contributed by atoms with Crippen LogP contribution in [0.25, 0.3) is 0 Å². The zero-order chi connectivity index (χ0) is 10.7. The lowest BCUT2D eigenvalue weighted by Gasteiger charge is -2.11. The van der Waals surface area contributed by atoms with E-state index in [0.29, 0.717) is 0 Å². The molecule has 0 aliphatic carbocycles. The first kappa shape index (κ1) is 10.6. The third-order valence-electron chi connectivity index (χ3n) is 1.69. The highest BCUT2D eigenvalue weighted by atomic mass is 19.2. The fraction of sp³-hybridized carbons (Fsp3) is 0.222. The van der Waals surface area contributed by atoms with Crippen LogP contribution in [0.15, 0.2) is 18.2 Å². The average molecular weight is 201 g/mol. The van der Waals surface area contributed by atoms with Crippen LogP contribution in [0, 0.1) is 11.6 Å². The zero-order valence-corrected chi connectivity index (χ0v) is 7.04. The van der Waals surface area contributed by atoms with Gasteiger partial charge in [0.05, 0.1) is 6.10 Å². The number of carboxylic acids is 1. The molecule has 76 valence electrons. The van der Waals surface area contributed by atoms with Crippen molar-refractivity contribution in [1.29, 1.82) is 0 Å². The lowest BCUT2D eigenvalue weighted by atomic mass is 10.1. The number of hydrogen-bond acceptors (Lipinski definition) is 3. The lowest BCUT2D eigenvalue weighted by molar-refractivity contribution is -0.307. The van der Waals surface area contributed by atoms with E-state index in [1.54, 1.807) is 0 Å². The van der Waals surface area contributed by atoms with Crippen molar-refractivity contribution in [2.45, 2.75) is 12.5 Å². The van der Waals surface area contributed by atoms with Crippen LogP contribution in [0.3, 0.4) is 0 Å². The fourth-order valence-electron chi connectivity index (χ4n) is 0.995. The first-order chi connectivity index (χ1) is 6.50. The summed E-state index contributed by atoms with van der Waals surface area (Å²) in [6.45, 7) is 0. The highest BCUT2D eigenvalue weighted by Gasteiger charge is 2.10. The Hall–Kier alpha value is -1.49. The van der Waals surface area contributed by atoms with E-state index in [-0.39, 0.29) is 5.56 Å². The molecule has 14 heavy (non-hydrogen) atoms. The van der Waals surface area contributed by atoms with Gasteiger partial charge < -0.3 is 15.0 Å². The molecule has 0 saturated carbocycles. The molecule has 0 amide bonds. The Bertz CT molecular complexity index is 352. The minimum atomic E-state index is -1.46. The maximum atomic E-state index is 12.6. The van der Waals surface area contributed by atoms with E-state index >= 15 is 0 Å². The predicted molar refractivity (Wildman–Crippen MR) is 40.9 cm³/mol. The van der Waals surface area contributed by atoms with Crippen LogP contribution in [0.1, 0.15) is 18.1 Å². The number of aliphatic hydroxyl groups is 1. The molecule has 1 unspecified atom stereocenters. The molecule has 0 saturated heterocycles. The van der Waals surface area contributed by atoms with Crippen LogP contribution in [-0.4, -0.2) is 11.1 Å². The summed E-state index contributed by atoms with van der Waals surface area (Å²) in [5.74, 6) is -3.63. The molecule has 1 atom stereocenters. The smallest absolute Gasteiger partial charge is 0.159 e. The summed E-state index contributed by atoms with van der Waals surface area (Å²) >= 11 is 0. The Balaban J connectivity index is 2.85. The Morgan fingerprint density at radius 3 is 2.57 bits per heavy atom. The molecule has 0 aliphatic heterocycles. The molecular formula is C9H7F2O3-. The number of carboxylic acid groups (broad SMARTS) is 1. The normalized spacial score (nSPS) is 12.5. The van der Waals surface area contributed by atoms with Crippen LogP contribution >= 0.6 is 0 Å². The van der Waals surface area contributed by atoms with Crippen LogP contribution in [0.5, 0.6) is 0 Å². The predicted octanol–water partition coefficient (Wildman–Crippen LogP) is 0.138. The van der Waals surface area contributed by atoms with Gasteiger partial charge in [-0.25, -0.2) is 8.78 Å². The fourth-order valence-corrected chi connectivity index (χ4v) is 0.995. The van der Waals surface area contributed by atoms with Crippen molar-refractivity contribution in [2.24, 2.45) is 0 Å². The summed E-state index contributed by atoms with van der Waals surface area (Å²) in [4.78, 5) is 10.1. The molecule has 1 aromatic carbocycles. The van der Waals surface area contributed by atoms with Gasteiger partial charge in [0.2, 0.25) is 0 Å². The van der Waals surface area contributed by atoms with Gasteiger partial charge >= 0.3 is 0 Å². The molecule has 3 nitrogen and oxygen atoms in total. The van der Waals surface area contributed by atoms with E-state index in [1.807, 2.05) is 0 Å². The molecule has 0 aromatic heterocycles. The standard InChI is InChI=1S/C9H8F2O3/c10-6-2-1-5(3-7(6)11)8(12)4-9(13)14/h1-3,8,12H,4H2,(H,13,14)/p-1. The number of halogens is 2. The molecular weight excluding hydrogens is 194 g/mol. The van der Waals surface area contributed by atoms with Crippen molar-refractivity contribution in [1.82, 2.24) is 0 Å². The number of benzene rings is 1. The van der Waals surface area contributed by atoms with Crippen molar-refractivity contribution in [3.63, 3.8) is 0 Å².